The van der Waals surface area contributed by atoms with E-state index in [4.69, 9.17) is 9.47 Å². The molecule has 0 radical (unpaired) electrons. The number of benzene rings is 1. The van der Waals surface area contributed by atoms with Crippen LogP contribution >= 0.6 is 11.3 Å². The Balaban J connectivity index is 1.37. The number of nitrogens with zero attached hydrogens (tertiary/aromatic N) is 3. The first kappa shape index (κ1) is 23.5. The average Bonchev–Trinajstić information content (AvgIpc) is 3.22. The molecule has 1 saturated heterocycles. The molecule has 3 rings (SSSR count). The van der Waals surface area contributed by atoms with E-state index < -0.39 is 0 Å². The number of likely N-dealkylation sites (N-methyl/N-ethyl adjacent to an activating group) is 1. The molecule has 0 saturated carbocycles. The fraction of sp³-hybridized carbons (Fsp3) is 0.565. The molecule has 1 aliphatic heterocycles. The third-order valence-electron chi connectivity index (χ3n) is 5.45. The van der Waals surface area contributed by atoms with Crippen LogP contribution in [0.4, 0.5) is 0 Å². The minimum atomic E-state index is 0.603. The van der Waals surface area contributed by atoms with E-state index in [1.807, 2.05) is 19.1 Å². The van der Waals surface area contributed by atoms with Gasteiger partial charge >= 0.3 is 0 Å². The number of aromatic nitrogens is 1. The summed E-state index contributed by atoms with van der Waals surface area (Å²) < 4.78 is 11.5. The molecule has 0 atom stereocenters. The molecule has 2 heterocycles. The van der Waals surface area contributed by atoms with E-state index in [1.165, 1.54) is 0 Å². The number of ether oxygens (including phenoxy) is 2. The average molecular weight is 446 g/mol. The van der Waals surface area contributed by atoms with Crippen LogP contribution in [0.5, 0.6) is 5.75 Å². The summed E-state index contributed by atoms with van der Waals surface area (Å²) in [5.74, 6) is 1.69. The SMILES string of the molecule is CN=C(NCCc1csc(C)n1)NCc1cccc(OCCN(C)C2CCOCC2)c1. The lowest BCUT2D eigenvalue weighted by Crippen LogP contribution is -2.38. The van der Waals surface area contributed by atoms with Crippen LogP contribution < -0.4 is 15.4 Å². The van der Waals surface area contributed by atoms with Crippen LogP contribution in [0.2, 0.25) is 0 Å². The predicted octanol–water partition coefficient (Wildman–Crippen LogP) is 2.85. The van der Waals surface area contributed by atoms with Gasteiger partial charge in [-0.3, -0.25) is 9.89 Å². The summed E-state index contributed by atoms with van der Waals surface area (Å²) in [6, 6.07) is 8.84. The highest BCUT2D eigenvalue weighted by molar-refractivity contribution is 7.09. The lowest BCUT2D eigenvalue weighted by atomic mass is 10.1. The van der Waals surface area contributed by atoms with Gasteiger partial charge in [0.1, 0.15) is 12.4 Å². The highest BCUT2D eigenvalue weighted by atomic mass is 32.1. The summed E-state index contributed by atoms with van der Waals surface area (Å²) in [4.78, 5) is 11.2. The highest BCUT2D eigenvalue weighted by Crippen LogP contribution is 2.15. The Hall–Kier alpha value is -2.16. The lowest BCUT2D eigenvalue weighted by Gasteiger charge is -2.31. The van der Waals surface area contributed by atoms with Crippen LogP contribution in [0.25, 0.3) is 0 Å². The van der Waals surface area contributed by atoms with Crippen molar-refractivity contribution < 1.29 is 9.47 Å². The van der Waals surface area contributed by atoms with Gasteiger partial charge in [0, 0.05) is 57.7 Å². The van der Waals surface area contributed by atoms with Crippen LogP contribution in [-0.2, 0) is 17.7 Å². The van der Waals surface area contributed by atoms with Gasteiger partial charge in [0.15, 0.2) is 5.96 Å². The molecule has 2 aromatic rings. The van der Waals surface area contributed by atoms with E-state index >= 15 is 0 Å². The molecule has 31 heavy (non-hydrogen) atoms. The minimum absolute atomic E-state index is 0.603. The number of guanidine groups is 1. The summed E-state index contributed by atoms with van der Waals surface area (Å²) in [6.07, 6.45) is 3.10. The van der Waals surface area contributed by atoms with E-state index in [0.29, 0.717) is 19.2 Å². The van der Waals surface area contributed by atoms with Crippen molar-refractivity contribution in [2.45, 2.75) is 38.8 Å². The molecule has 1 aromatic carbocycles. The molecule has 1 fully saturated rings. The molecule has 0 bridgehead atoms. The van der Waals surface area contributed by atoms with Crippen molar-refractivity contribution in [3.63, 3.8) is 0 Å². The van der Waals surface area contributed by atoms with Crippen molar-refractivity contribution in [1.29, 1.82) is 0 Å². The fourth-order valence-corrected chi connectivity index (χ4v) is 4.25. The van der Waals surface area contributed by atoms with Crippen molar-refractivity contribution >= 4 is 17.3 Å². The van der Waals surface area contributed by atoms with Crippen molar-refractivity contribution in [1.82, 2.24) is 20.5 Å². The van der Waals surface area contributed by atoms with Crippen LogP contribution in [0.3, 0.4) is 0 Å². The van der Waals surface area contributed by atoms with E-state index in [-0.39, 0.29) is 0 Å². The van der Waals surface area contributed by atoms with Crippen molar-refractivity contribution in [2.75, 3.05) is 47.0 Å². The maximum atomic E-state index is 6.00. The van der Waals surface area contributed by atoms with E-state index in [0.717, 1.165) is 73.5 Å². The largest absolute Gasteiger partial charge is 0.492 e. The summed E-state index contributed by atoms with van der Waals surface area (Å²) in [5.41, 5.74) is 2.28. The van der Waals surface area contributed by atoms with Crippen molar-refractivity contribution in [2.24, 2.45) is 4.99 Å². The number of aliphatic imine (C=N–C) groups is 1. The number of hydrogen-bond donors (Lipinski definition) is 2. The van der Waals surface area contributed by atoms with Crippen LogP contribution in [0.1, 0.15) is 29.1 Å². The van der Waals surface area contributed by atoms with E-state index in [9.17, 15) is 0 Å². The summed E-state index contributed by atoms with van der Waals surface area (Å²) in [5, 5.41) is 9.93. The Morgan fingerprint density at radius 1 is 1.32 bits per heavy atom. The van der Waals surface area contributed by atoms with Gasteiger partial charge in [0.25, 0.3) is 0 Å². The number of aryl methyl sites for hydroxylation is 1. The molecule has 0 amide bonds. The molecule has 0 spiro atoms. The molecule has 1 aromatic heterocycles. The molecule has 0 unspecified atom stereocenters. The van der Waals surface area contributed by atoms with Gasteiger partial charge in [-0.15, -0.1) is 11.3 Å². The Kier molecular flexibility index (Phi) is 9.58. The molecule has 7 nitrogen and oxygen atoms in total. The smallest absolute Gasteiger partial charge is 0.191 e. The first-order valence-electron chi connectivity index (χ1n) is 11.0. The second-order valence-electron chi connectivity index (χ2n) is 7.78. The van der Waals surface area contributed by atoms with Gasteiger partial charge in [0.2, 0.25) is 0 Å². The van der Waals surface area contributed by atoms with Crippen LogP contribution in [0.15, 0.2) is 34.6 Å². The van der Waals surface area contributed by atoms with E-state index in [2.05, 4.69) is 50.1 Å². The van der Waals surface area contributed by atoms with Crippen LogP contribution in [-0.4, -0.2) is 68.9 Å². The van der Waals surface area contributed by atoms with Gasteiger partial charge in [-0.05, 0) is 44.5 Å². The molecule has 0 aliphatic carbocycles. The lowest BCUT2D eigenvalue weighted by molar-refractivity contribution is 0.0392. The zero-order valence-corrected chi connectivity index (χ0v) is 19.7. The maximum absolute atomic E-state index is 6.00. The zero-order valence-electron chi connectivity index (χ0n) is 18.9. The normalized spacial score (nSPS) is 15.3. The molecule has 1 aliphatic rings. The third kappa shape index (κ3) is 8.12. The molecule has 8 heteroatoms. The maximum Gasteiger partial charge on any atom is 0.191 e. The number of thiazole rings is 1. The number of rotatable bonds is 10. The summed E-state index contributed by atoms with van der Waals surface area (Å²) in [6.45, 7) is 6.86. The number of nitrogens with one attached hydrogen (secondary N) is 2. The van der Waals surface area contributed by atoms with E-state index in [1.54, 1.807) is 18.4 Å². The predicted molar refractivity (Wildman–Crippen MR) is 127 cm³/mol. The molecular formula is C23H35N5O2S. The topological polar surface area (TPSA) is 71.0 Å². The number of hydrogen-bond acceptors (Lipinski definition) is 6. The first-order chi connectivity index (χ1) is 15.1. The van der Waals surface area contributed by atoms with Gasteiger partial charge in [-0.25, -0.2) is 4.98 Å². The second-order valence-corrected chi connectivity index (χ2v) is 8.84. The fourth-order valence-electron chi connectivity index (χ4n) is 3.60. The summed E-state index contributed by atoms with van der Waals surface area (Å²) >= 11 is 1.69. The zero-order chi connectivity index (χ0) is 21.9. The van der Waals surface area contributed by atoms with Crippen LogP contribution in [0, 0.1) is 6.92 Å². The molecular weight excluding hydrogens is 410 g/mol. The third-order valence-corrected chi connectivity index (χ3v) is 6.27. The summed E-state index contributed by atoms with van der Waals surface area (Å²) in [7, 11) is 3.96. The Morgan fingerprint density at radius 2 is 2.16 bits per heavy atom. The van der Waals surface area contributed by atoms with Gasteiger partial charge in [-0.1, -0.05) is 12.1 Å². The molecule has 170 valence electrons. The Labute approximate surface area is 189 Å². The highest BCUT2D eigenvalue weighted by Gasteiger charge is 2.17. The first-order valence-corrected chi connectivity index (χ1v) is 11.9. The van der Waals surface area contributed by atoms with Gasteiger partial charge in [0.05, 0.1) is 10.7 Å². The van der Waals surface area contributed by atoms with Gasteiger partial charge < -0.3 is 20.1 Å². The second kappa shape index (κ2) is 12.6. The van der Waals surface area contributed by atoms with Gasteiger partial charge in [-0.2, -0.15) is 0 Å². The Bertz CT molecular complexity index is 820. The molecule has 2 N–H and O–H groups in total. The standard InChI is InChI=1S/C23H35N5O2S/c1-18-27-20(17-31-18)7-10-25-23(24-2)26-16-19-5-4-6-22(15-19)30-14-11-28(3)21-8-12-29-13-9-21/h4-6,15,17,21H,7-14,16H2,1-3H3,(H2,24,25,26). The Morgan fingerprint density at radius 3 is 2.90 bits per heavy atom. The van der Waals surface area contributed by atoms with Crippen molar-refractivity contribution in [3.05, 3.63) is 45.9 Å². The minimum Gasteiger partial charge on any atom is -0.492 e. The monoisotopic (exact) mass is 445 g/mol. The van der Waals surface area contributed by atoms with Crippen molar-refractivity contribution in [3.8, 4) is 5.75 Å². The quantitative estimate of drug-likeness (QED) is 0.433.